The Hall–Kier alpha value is -3.27. The van der Waals surface area contributed by atoms with Crippen LogP contribution >= 0.6 is 0 Å². The molecule has 1 aliphatic carbocycles. The number of benzene rings is 1. The maximum atomic E-state index is 13.9. The first-order valence-electron chi connectivity index (χ1n) is 9.63. The summed E-state index contributed by atoms with van der Waals surface area (Å²) in [6.45, 7) is 0. The number of rotatable bonds is 5. The molecule has 3 aromatic rings. The van der Waals surface area contributed by atoms with Crippen molar-refractivity contribution in [2.75, 3.05) is 10.6 Å². The third-order valence-electron chi connectivity index (χ3n) is 5.43. The molecule has 2 atom stereocenters. The number of aromatic nitrogens is 3. The number of aryl methyl sites for hydroxylation is 1. The molecule has 1 amide bonds. The summed E-state index contributed by atoms with van der Waals surface area (Å²) in [6, 6.07) is 5.65. The third kappa shape index (κ3) is 3.78. The lowest BCUT2D eigenvalue weighted by Crippen LogP contribution is -2.55. The Morgan fingerprint density at radius 1 is 1.33 bits per heavy atom. The van der Waals surface area contributed by atoms with Crippen molar-refractivity contribution in [2.45, 2.75) is 37.3 Å². The topological polar surface area (TPSA) is 124 Å². The van der Waals surface area contributed by atoms with Gasteiger partial charge in [-0.3, -0.25) is 4.79 Å². The van der Waals surface area contributed by atoms with Crippen LogP contribution in [0.15, 0.2) is 36.7 Å². The van der Waals surface area contributed by atoms with Gasteiger partial charge in [0.25, 0.3) is 11.8 Å². The second-order valence-corrected chi connectivity index (χ2v) is 7.57. The summed E-state index contributed by atoms with van der Waals surface area (Å²) in [6.07, 6.45) is 3.85. The van der Waals surface area contributed by atoms with E-state index in [1.165, 1.54) is 6.20 Å². The van der Waals surface area contributed by atoms with Crippen LogP contribution in [0.1, 0.15) is 29.8 Å². The summed E-state index contributed by atoms with van der Waals surface area (Å²) in [5.74, 6) is -3.32. The van der Waals surface area contributed by atoms with E-state index in [0.717, 1.165) is 10.9 Å². The fraction of sp³-hybridized carbons (Fsp3) is 0.350. The molecule has 1 aromatic carbocycles. The van der Waals surface area contributed by atoms with Crippen LogP contribution in [-0.4, -0.2) is 38.4 Å². The van der Waals surface area contributed by atoms with E-state index in [4.69, 9.17) is 11.5 Å². The van der Waals surface area contributed by atoms with Gasteiger partial charge in [-0.15, -0.1) is 0 Å². The Labute approximate surface area is 171 Å². The summed E-state index contributed by atoms with van der Waals surface area (Å²) in [5, 5.41) is 7.00. The van der Waals surface area contributed by atoms with Gasteiger partial charge in [0.15, 0.2) is 11.5 Å². The molecule has 2 heterocycles. The number of halogens is 2. The number of fused-ring (bicyclic) bond motifs is 1. The molecule has 0 bridgehead atoms. The highest BCUT2D eigenvalue weighted by Crippen LogP contribution is 2.34. The van der Waals surface area contributed by atoms with Crippen LogP contribution < -0.4 is 22.1 Å². The van der Waals surface area contributed by atoms with Crippen molar-refractivity contribution in [1.29, 1.82) is 0 Å². The number of anilines is 3. The zero-order valence-corrected chi connectivity index (χ0v) is 16.4. The fourth-order valence-corrected chi connectivity index (χ4v) is 3.77. The Balaban J connectivity index is 1.61. The lowest BCUT2D eigenvalue weighted by molar-refractivity contribution is -0.0554. The van der Waals surface area contributed by atoms with Crippen LogP contribution in [0, 0.1) is 0 Å². The van der Waals surface area contributed by atoms with Gasteiger partial charge in [0.1, 0.15) is 5.82 Å². The summed E-state index contributed by atoms with van der Waals surface area (Å²) < 4.78 is 29.9. The minimum absolute atomic E-state index is 0.0491. The molecule has 0 saturated heterocycles. The molecule has 0 spiro atoms. The molecule has 1 saturated carbocycles. The van der Waals surface area contributed by atoms with E-state index in [9.17, 15) is 13.6 Å². The fourth-order valence-electron chi connectivity index (χ4n) is 3.77. The van der Waals surface area contributed by atoms with Crippen LogP contribution in [0.4, 0.5) is 26.1 Å². The molecule has 158 valence electrons. The Morgan fingerprint density at radius 3 is 2.90 bits per heavy atom. The van der Waals surface area contributed by atoms with Gasteiger partial charge in [-0.2, -0.15) is 0 Å². The van der Waals surface area contributed by atoms with E-state index in [1.54, 1.807) is 0 Å². The molecule has 6 N–H and O–H groups in total. The lowest BCUT2D eigenvalue weighted by Gasteiger charge is -2.36. The van der Waals surface area contributed by atoms with Crippen LogP contribution in [0.5, 0.6) is 0 Å². The van der Waals surface area contributed by atoms with Gasteiger partial charge in [-0.05, 0) is 37.1 Å². The van der Waals surface area contributed by atoms with Crippen molar-refractivity contribution in [2.24, 2.45) is 18.5 Å². The number of nitrogens with one attached hydrogen (secondary N) is 2. The first kappa shape index (κ1) is 20.0. The monoisotopic (exact) mass is 415 g/mol. The quantitative estimate of drug-likeness (QED) is 0.508. The van der Waals surface area contributed by atoms with E-state index in [-0.39, 0.29) is 23.8 Å². The van der Waals surface area contributed by atoms with Gasteiger partial charge < -0.3 is 26.7 Å². The Bertz CT molecular complexity index is 1100. The highest BCUT2D eigenvalue weighted by Gasteiger charge is 2.44. The first-order chi connectivity index (χ1) is 14.2. The van der Waals surface area contributed by atoms with Gasteiger partial charge in [-0.1, -0.05) is 0 Å². The predicted molar refractivity (Wildman–Crippen MR) is 111 cm³/mol. The van der Waals surface area contributed by atoms with Crippen molar-refractivity contribution >= 4 is 34.1 Å². The van der Waals surface area contributed by atoms with E-state index in [2.05, 4.69) is 20.6 Å². The van der Waals surface area contributed by atoms with Crippen molar-refractivity contribution in [1.82, 2.24) is 14.5 Å². The Kier molecular flexibility index (Phi) is 5.02. The minimum atomic E-state index is -2.94. The summed E-state index contributed by atoms with van der Waals surface area (Å²) in [5.41, 5.74) is 12.9. The standard InChI is InChI=1S/C20H23F2N7O/c1-29-8-6-11-9-12(4-5-14(11)29)26-19-16(18(24)30)25-10-15(28-19)27-13-3-2-7-20(21,22)17(13)23/h4-6,8-10,13,17H,2-3,7,23H2,1H3,(H2,24,30)(H2,26,27,28)/t13-,17-/m1/s1. The number of carbonyl (C=O) groups excluding carboxylic acids is 1. The van der Waals surface area contributed by atoms with Gasteiger partial charge in [0.2, 0.25) is 0 Å². The molecule has 10 heteroatoms. The molecule has 0 radical (unpaired) electrons. The SMILES string of the molecule is Cn1ccc2cc(Nc3nc(N[C@@H]4CCCC(F)(F)[C@@H]4N)cnc3C(N)=O)ccc21. The van der Waals surface area contributed by atoms with Gasteiger partial charge >= 0.3 is 0 Å². The van der Waals surface area contributed by atoms with E-state index in [1.807, 2.05) is 42.1 Å². The van der Waals surface area contributed by atoms with E-state index < -0.39 is 23.9 Å². The lowest BCUT2D eigenvalue weighted by atomic mass is 9.87. The average molecular weight is 415 g/mol. The molecule has 0 unspecified atom stereocenters. The summed E-state index contributed by atoms with van der Waals surface area (Å²) in [4.78, 5) is 20.2. The molecule has 1 aliphatic rings. The smallest absolute Gasteiger partial charge is 0.271 e. The second-order valence-electron chi connectivity index (χ2n) is 7.57. The minimum Gasteiger partial charge on any atom is -0.364 e. The molecule has 4 rings (SSSR count). The number of hydrogen-bond acceptors (Lipinski definition) is 6. The summed E-state index contributed by atoms with van der Waals surface area (Å²) in [7, 11) is 1.95. The number of amides is 1. The van der Waals surface area contributed by atoms with Crippen molar-refractivity contribution in [3.8, 4) is 0 Å². The normalized spacial score (nSPS) is 20.8. The van der Waals surface area contributed by atoms with E-state index in [0.29, 0.717) is 18.5 Å². The second kappa shape index (κ2) is 7.52. The van der Waals surface area contributed by atoms with Crippen molar-refractivity contribution < 1.29 is 13.6 Å². The molecule has 0 aliphatic heterocycles. The maximum absolute atomic E-state index is 13.9. The van der Waals surface area contributed by atoms with Gasteiger partial charge in [0.05, 0.1) is 12.2 Å². The maximum Gasteiger partial charge on any atom is 0.271 e. The van der Waals surface area contributed by atoms with Gasteiger partial charge in [-0.25, -0.2) is 18.7 Å². The number of carbonyl (C=O) groups is 1. The average Bonchev–Trinajstić information content (AvgIpc) is 3.06. The number of nitrogens with two attached hydrogens (primary N) is 2. The molecular weight excluding hydrogens is 392 g/mol. The number of alkyl halides is 2. The van der Waals surface area contributed by atoms with Crippen LogP contribution in [0.2, 0.25) is 0 Å². The molecule has 2 aromatic heterocycles. The number of nitrogens with zero attached hydrogens (tertiary/aromatic N) is 3. The van der Waals surface area contributed by atoms with E-state index >= 15 is 0 Å². The van der Waals surface area contributed by atoms with Crippen molar-refractivity contribution in [3.05, 3.63) is 42.4 Å². The predicted octanol–water partition coefficient (Wildman–Crippen LogP) is 2.74. The Morgan fingerprint density at radius 2 is 2.13 bits per heavy atom. The van der Waals surface area contributed by atoms with Crippen molar-refractivity contribution in [3.63, 3.8) is 0 Å². The molecule has 8 nitrogen and oxygen atoms in total. The zero-order valence-electron chi connectivity index (χ0n) is 16.4. The molecular formula is C20H23F2N7O. The summed E-state index contributed by atoms with van der Waals surface area (Å²) >= 11 is 0. The highest BCUT2D eigenvalue weighted by molar-refractivity contribution is 5.96. The molecule has 30 heavy (non-hydrogen) atoms. The molecule has 1 fully saturated rings. The number of primary amides is 1. The largest absolute Gasteiger partial charge is 0.364 e. The first-order valence-corrected chi connectivity index (χ1v) is 9.63. The van der Waals surface area contributed by atoms with Crippen LogP contribution in [-0.2, 0) is 7.05 Å². The highest BCUT2D eigenvalue weighted by atomic mass is 19.3. The zero-order chi connectivity index (χ0) is 21.5. The van der Waals surface area contributed by atoms with Crippen LogP contribution in [0.3, 0.4) is 0 Å². The van der Waals surface area contributed by atoms with Crippen LogP contribution in [0.25, 0.3) is 10.9 Å². The number of hydrogen-bond donors (Lipinski definition) is 4. The third-order valence-corrected chi connectivity index (χ3v) is 5.43. The van der Waals surface area contributed by atoms with Gasteiger partial charge in [0, 0.05) is 42.3 Å².